The SMILES string of the molecule is C=CCCCC(NC)c1ccc(C)c(F)c1. The number of unbranched alkanes of at least 4 members (excludes halogenated alkanes) is 1. The molecule has 0 spiro atoms. The van der Waals surface area contributed by atoms with Crippen LogP contribution in [-0.4, -0.2) is 7.05 Å². The van der Waals surface area contributed by atoms with E-state index < -0.39 is 0 Å². The first-order valence-electron chi connectivity index (χ1n) is 5.73. The van der Waals surface area contributed by atoms with E-state index in [-0.39, 0.29) is 11.9 Å². The average molecular weight is 221 g/mol. The summed E-state index contributed by atoms with van der Waals surface area (Å²) < 4.78 is 13.4. The summed E-state index contributed by atoms with van der Waals surface area (Å²) in [6.45, 7) is 5.48. The van der Waals surface area contributed by atoms with Crippen LogP contribution >= 0.6 is 0 Å². The Bertz CT molecular complexity index is 347. The fourth-order valence-corrected chi connectivity index (χ4v) is 1.77. The number of rotatable bonds is 6. The van der Waals surface area contributed by atoms with Gasteiger partial charge in [-0.05, 0) is 50.4 Å². The van der Waals surface area contributed by atoms with Crippen LogP contribution in [0.5, 0.6) is 0 Å². The largest absolute Gasteiger partial charge is 0.313 e. The first-order valence-corrected chi connectivity index (χ1v) is 5.73. The summed E-state index contributed by atoms with van der Waals surface area (Å²) in [5.74, 6) is -0.124. The molecule has 0 aromatic heterocycles. The van der Waals surface area contributed by atoms with Crippen LogP contribution in [0.15, 0.2) is 30.9 Å². The Labute approximate surface area is 97.4 Å². The van der Waals surface area contributed by atoms with Crippen molar-refractivity contribution in [2.75, 3.05) is 7.05 Å². The molecule has 0 aliphatic heterocycles. The average Bonchev–Trinajstić information content (AvgIpc) is 2.29. The van der Waals surface area contributed by atoms with Crippen LogP contribution in [-0.2, 0) is 0 Å². The third-order valence-corrected chi connectivity index (χ3v) is 2.85. The van der Waals surface area contributed by atoms with Crippen molar-refractivity contribution < 1.29 is 4.39 Å². The molecule has 1 aromatic carbocycles. The zero-order valence-electron chi connectivity index (χ0n) is 10.1. The van der Waals surface area contributed by atoms with Gasteiger partial charge >= 0.3 is 0 Å². The number of hydrogen-bond acceptors (Lipinski definition) is 1. The molecule has 0 bridgehead atoms. The Kier molecular flexibility index (Phi) is 5.20. The van der Waals surface area contributed by atoms with E-state index in [4.69, 9.17) is 0 Å². The zero-order valence-corrected chi connectivity index (χ0v) is 10.1. The molecule has 0 amide bonds. The summed E-state index contributed by atoms with van der Waals surface area (Å²) in [7, 11) is 1.91. The van der Waals surface area contributed by atoms with Gasteiger partial charge in [-0.15, -0.1) is 6.58 Å². The predicted molar refractivity (Wildman–Crippen MR) is 67.0 cm³/mol. The number of halogens is 1. The van der Waals surface area contributed by atoms with Gasteiger partial charge in [0.1, 0.15) is 5.82 Å². The minimum atomic E-state index is -0.124. The first kappa shape index (κ1) is 12.9. The van der Waals surface area contributed by atoms with E-state index >= 15 is 0 Å². The van der Waals surface area contributed by atoms with Crippen LogP contribution in [0.2, 0.25) is 0 Å². The molecule has 1 N–H and O–H groups in total. The van der Waals surface area contributed by atoms with Crippen LogP contribution in [0.3, 0.4) is 0 Å². The summed E-state index contributed by atoms with van der Waals surface area (Å²) in [5.41, 5.74) is 1.72. The van der Waals surface area contributed by atoms with Crippen molar-refractivity contribution in [1.29, 1.82) is 0 Å². The molecular weight excluding hydrogens is 201 g/mol. The monoisotopic (exact) mass is 221 g/mol. The number of allylic oxidation sites excluding steroid dienone is 1. The molecule has 0 aliphatic rings. The minimum Gasteiger partial charge on any atom is -0.313 e. The molecule has 16 heavy (non-hydrogen) atoms. The standard InChI is InChI=1S/C14H20FN/c1-4-5-6-7-14(16-3)12-9-8-11(2)13(15)10-12/h4,8-10,14,16H,1,5-7H2,2-3H3. The van der Waals surface area contributed by atoms with Crippen molar-refractivity contribution in [2.45, 2.75) is 32.2 Å². The van der Waals surface area contributed by atoms with E-state index in [0.717, 1.165) is 24.8 Å². The Morgan fingerprint density at radius 3 is 2.81 bits per heavy atom. The molecule has 2 heteroatoms. The van der Waals surface area contributed by atoms with Gasteiger partial charge < -0.3 is 5.32 Å². The predicted octanol–water partition coefficient (Wildman–Crippen LogP) is 3.75. The Balaban J connectivity index is 2.70. The van der Waals surface area contributed by atoms with Crippen molar-refractivity contribution >= 4 is 0 Å². The number of aryl methyl sites for hydroxylation is 1. The molecule has 0 fully saturated rings. The molecule has 0 aliphatic carbocycles. The molecule has 88 valence electrons. The highest BCUT2D eigenvalue weighted by atomic mass is 19.1. The quantitative estimate of drug-likeness (QED) is 0.570. The van der Waals surface area contributed by atoms with Crippen LogP contribution in [0, 0.1) is 12.7 Å². The molecule has 0 radical (unpaired) electrons. The third-order valence-electron chi connectivity index (χ3n) is 2.85. The molecule has 1 nitrogen and oxygen atoms in total. The van der Waals surface area contributed by atoms with Gasteiger partial charge in [0.15, 0.2) is 0 Å². The summed E-state index contributed by atoms with van der Waals surface area (Å²) >= 11 is 0. The van der Waals surface area contributed by atoms with Crippen molar-refractivity contribution in [2.24, 2.45) is 0 Å². The normalized spacial score (nSPS) is 12.4. The second-order valence-electron chi connectivity index (χ2n) is 4.07. The zero-order chi connectivity index (χ0) is 12.0. The molecule has 0 heterocycles. The second-order valence-corrected chi connectivity index (χ2v) is 4.07. The molecule has 1 rings (SSSR count). The topological polar surface area (TPSA) is 12.0 Å². The number of nitrogens with one attached hydrogen (secondary N) is 1. The maximum absolute atomic E-state index is 13.4. The molecule has 0 saturated carbocycles. The minimum absolute atomic E-state index is 0.124. The van der Waals surface area contributed by atoms with Crippen LogP contribution in [0.1, 0.15) is 36.4 Å². The van der Waals surface area contributed by atoms with Gasteiger partial charge in [0.2, 0.25) is 0 Å². The van der Waals surface area contributed by atoms with Gasteiger partial charge in [-0.2, -0.15) is 0 Å². The molecular formula is C14H20FN. The number of hydrogen-bond donors (Lipinski definition) is 1. The third kappa shape index (κ3) is 3.46. The Morgan fingerprint density at radius 1 is 1.50 bits per heavy atom. The van der Waals surface area contributed by atoms with E-state index in [2.05, 4.69) is 11.9 Å². The van der Waals surface area contributed by atoms with E-state index in [9.17, 15) is 4.39 Å². The van der Waals surface area contributed by atoms with Crippen molar-refractivity contribution in [3.8, 4) is 0 Å². The fraction of sp³-hybridized carbons (Fsp3) is 0.429. The van der Waals surface area contributed by atoms with Crippen molar-refractivity contribution in [3.05, 3.63) is 47.8 Å². The molecule has 0 saturated heterocycles. The highest BCUT2D eigenvalue weighted by molar-refractivity contribution is 5.25. The highest BCUT2D eigenvalue weighted by Gasteiger charge is 2.10. The fourth-order valence-electron chi connectivity index (χ4n) is 1.77. The lowest BCUT2D eigenvalue weighted by molar-refractivity contribution is 0.524. The Hall–Kier alpha value is -1.15. The van der Waals surface area contributed by atoms with Gasteiger partial charge in [0.05, 0.1) is 0 Å². The lowest BCUT2D eigenvalue weighted by Crippen LogP contribution is -2.16. The highest BCUT2D eigenvalue weighted by Crippen LogP contribution is 2.21. The van der Waals surface area contributed by atoms with Crippen LogP contribution < -0.4 is 5.32 Å². The van der Waals surface area contributed by atoms with E-state index in [1.165, 1.54) is 0 Å². The molecule has 1 aromatic rings. The molecule has 1 atom stereocenters. The maximum Gasteiger partial charge on any atom is 0.126 e. The van der Waals surface area contributed by atoms with E-state index in [1.54, 1.807) is 13.0 Å². The van der Waals surface area contributed by atoms with E-state index in [0.29, 0.717) is 5.56 Å². The van der Waals surface area contributed by atoms with Gasteiger partial charge in [0.25, 0.3) is 0 Å². The van der Waals surface area contributed by atoms with Gasteiger partial charge in [0, 0.05) is 6.04 Å². The Morgan fingerprint density at radius 2 is 2.25 bits per heavy atom. The van der Waals surface area contributed by atoms with Gasteiger partial charge in [-0.1, -0.05) is 18.2 Å². The van der Waals surface area contributed by atoms with Crippen molar-refractivity contribution in [1.82, 2.24) is 5.32 Å². The summed E-state index contributed by atoms with van der Waals surface area (Å²) in [5, 5.41) is 3.22. The summed E-state index contributed by atoms with van der Waals surface area (Å²) in [6.07, 6.45) is 5.00. The van der Waals surface area contributed by atoms with Crippen molar-refractivity contribution in [3.63, 3.8) is 0 Å². The number of benzene rings is 1. The smallest absolute Gasteiger partial charge is 0.126 e. The lowest BCUT2D eigenvalue weighted by Gasteiger charge is -2.16. The van der Waals surface area contributed by atoms with Gasteiger partial charge in [-0.3, -0.25) is 0 Å². The maximum atomic E-state index is 13.4. The molecule has 1 unspecified atom stereocenters. The van der Waals surface area contributed by atoms with Gasteiger partial charge in [-0.25, -0.2) is 4.39 Å². The van der Waals surface area contributed by atoms with E-state index in [1.807, 2.05) is 25.3 Å². The van der Waals surface area contributed by atoms with Crippen LogP contribution in [0.25, 0.3) is 0 Å². The second kappa shape index (κ2) is 6.44. The lowest BCUT2D eigenvalue weighted by atomic mass is 10.00. The summed E-state index contributed by atoms with van der Waals surface area (Å²) in [4.78, 5) is 0. The van der Waals surface area contributed by atoms with Crippen LogP contribution in [0.4, 0.5) is 4.39 Å². The summed E-state index contributed by atoms with van der Waals surface area (Å²) in [6, 6.07) is 5.69. The first-order chi connectivity index (χ1) is 7.69.